The van der Waals surface area contributed by atoms with E-state index in [0.29, 0.717) is 5.41 Å². The molecule has 1 aromatic carbocycles. The molecule has 1 unspecified atom stereocenters. The quantitative estimate of drug-likeness (QED) is 0.803. The molecule has 0 aliphatic heterocycles. The molecule has 0 aromatic heterocycles. The highest BCUT2D eigenvalue weighted by Crippen LogP contribution is 2.24. The van der Waals surface area contributed by atoms with Crippen molar-refractivity contribution < 1.29 is 4.74 Å². The normalized spacial score (nSPS) is 17.4. The number of benzene rings is 1. The van der Waals surface area contributed by atoms with Gasteiger partial charge in [-0.3, -0.25) is 0 Å². The zero-order valence-electron chi connectivity index (χ0n) is 12.5. The van der Waals surface area contributed by atoms with E-state index in [1.165, 1.54) is 18.4 Å². The van der Waals surface area contributed by atoms with E-state index in [9.17, 15) is 0 Å². The van der Waals surface area contributed by atoms with Gasteiger partial charge in [-0.1, -0.05) is 51.1 Å². The molecule has 1 saturated carbocycles. The summed E-state index contributed by atoms with van der Waals surface area (Å²) in [5, 5.41) is 3.58. The molecular weight excluding hydrogens is 234 g/mol. The molecule has 0 saturated heterocycles. The van der Waals surface area contributed by atoms with E-state index in [0.717, 1.165) is 25.6 Å². The Hall–Kier alpha value is -0.860. The Morgan fingerprint density at radius 2 is 1.89 bits per heavy atom. The smallest absolute Gasteiger partial charge is 0.0949 e. The lowest BCUT2D eigenvalue weighted by Gasteiger charge is -2.23. The molecular formula is C17H27NO. The minimum absolute atomic E-state index is 0.184. The predicted octanol–water partition coefficient (Wildman–Crippen LogP) is 3.93. The van der Waals surface area contributed by atoms with E-state index in [4.69, 9.17) is 4.74 Å². The van der Waals surface area contributed by atoms with Crippen LogP contribution in [-0.2, 0) is 4.74 Å². The molecule has 2 heteroatoms. The average Bonchev–Trinajstić information content (AvgIpc) is 3.17. The van der Waals surface area contributed by atoms with Gasteiger partial charge in [0.05, 0.1) is 6.10 Å². The molecule has 0 radical (unpaired) electrons. The molecule has 0 bridgehead atoms. The molecule has 2 rings (SSSR count). The van der Waals surface area contributed by atoms with Gasteiger partial charge in [0.25, 0.3) is 0 Å². The monoisotopic (exact) mass is 261 g/mol. The second-order valence-electron chi connectivity index (χ2n) is 6.76. The molecule has 1 aliphatic carbocycles. The topological polar surface area (TPSA) is 21.3 Å². The molecule has 19 heavy (non-hydrogen) atoms. The van der Waals surface area contributed by atoms with Crippen LogP contribution in [0.15, 0.2) is 30.3 Å². The Bertz CT molecular complexity index is 365. The molecule has 1 aromatic rings. The zero-order chi connectivity index (χ0) is 13.7. The molecule has 0 heterocycles. The van der Waals surface area contributed by atoms with E-state index >= 15 is 0 Å². The lowest BCUT2D eigenvalue weighted by Crippen LogP contribution is -2.26. The summed E-state index contributed by atoms with van der Waals surface area (Å²) in [4.78, 5) is 0. The van der Waals surface area contributed by atoms with Crippen molar-refractivity contribution in [2.75, 3.05) is 13.2 Å². The van der Waals surface area contributed by atoms with E-state index in [1.807, 2.05) is 0 Å². The van der Waals surface area contributed by atoms with Crippen molar-refractivity contribution in [3.63, 3.8) is 0 Å². The summed E-state index contributed by atoms with van der Waals surface area (Å²) in [6, 6.07) is 11.3. The summed E-state index contributed by atoms with van der Waals surface area (Å²) in [7, 11) is 0. The first-order chi connectivity index (χ1) is 9.04. The first kappa shape index (κ1) is 14.5. The molecule has 106 valence electrons. The molecule has 1 aliphatic rings. The van der Waals surface area contributed by atoms with Crippen LogP contribution < -0.4 is 5.32 Å². The van der Waals surface area contributed by atoms with Gasteiger partial charge < -0.3 is 10.1 Å². The van der Waals surface area contributed by atoms with Gasteiger partial charge in [0.1, 0.15) is 0 Å². The molecule has 1 atom stereocenters. The van der Waals surface area contributed by atoms with E-state index < -0.39 is 0 Å². The second kappa shape index (κ2) is 6.53. The number of rotatable bonds is 7. The van der Waals surface area contributed by atoms with Crippen LogP contribution >= 0.6 is 0 Å². The van der Waals surface area contributed by atoms with Crippen LogP contribution in [0.3, 0.4) is 0 Å². The minimum Gasteiger partial charge on any atom is -0.372 e. The standard InChI is InChI=1S/C17H27NO/c1-17(2,3)11-12-19-16(13-18-15-9-10-15)14-7-5-4-6-8-14/h4-8,15-16,18H,9-13H2,1-3H3. The first-order valence-electron chi connectivity index (χ1n) is 7.44. The minimum atomic E-state index is 0.184. The Balaban J connectivity index is 1.86. The van der Waals surface area contributed by atoms with Gasteiger partial charge in [-0.25, -0.2) is 0 Å². The van der Waals surface area contributed by atoms with Crippen molar-refractivity contribution in [2.45, 2.75) is 52.2 Å². The third-order valence-electron chi connectivity index (χ3n) is 3.51. The van der Waals surface area contributed by atoms with Crippen molar-refractivity contribution in [3.05, 3.63) is 35.9 Å². The molecule has 0 spiro atoms. The van der Waals surface area contributed by atoms with Gasteiger partial charge in [-0.05, 0) is 30.2 Å². The predicted molar refractivity (Wildman–Crippen MR) is 80.2 cm³/mol. The van der Waals surface area contributed by atoms with Gasteiger partial charge in [0, 0.05) is 19.2 Å². The van der Waals surface area contributed by atoms with Gasteiger partial charge >= 0.3 is 0 Å². The van der Waals surface area contributed by atoms with E-state index in [2.05, 4.69) is 56.4 Å². The van der Waals surface area contributed by atoms with Gasteiger partial charge in [0.2, 0.25) is 0 Å². The Morgan fingerprint density at radius 1 is 1.21 bits per heavy atom. The third kappa shape index (κ3) is 5.75. The van der Waals surface area contributed by atoms with Crippen molar-refractivity contribution in [2.24, 2.45) is 5.41 Å². The maximum Gasteiger partial charge on any atom is 0.0949 e. The summed E-state index contributed by atoms with van der Waals surface area (Å²) >= 11 is 0. The summed E-state index contributed by atoms with van der Waals surface area (Å²) < 4.78 is 6.12. The first-order valence-corrected chi connectivity index (χ1v) is 7.44. The Morgan fingerprint density at radius 3 is 2.47 bits per heavy atom. The maximum absolute atomic E-state index is 6.12. The highest BCUT2D eigenvalue weighted by molar-refractivity contribution is 5.18. The van der Waals surface area contributed by atoms with Gasteiger partial charge in [0.15, 0.2) is 0 Å². The molecule has 1 N–H and O–H groups in total. The van der Waals surface area contributed by atoms with Crippen molar-refractivity contribution >= 4 is 0 Å². The molecule has 2 nitrogen and oxygen atoms in total. The summed E-state index contributed by atoms with van der Waals surface area (Å²) in [6.45, 7) is 8.54. The summed E-state index contributed by atoms with van der Waals surface area (Å²) in [6.07, 6.45) is 3.93. The number of ether oxygens (including phenoxy) is 1. The SMILES string of the molecule is CC(C)(C)CCOC(CNC1CC1)c1ccccc1. The average molecular weight is 261 g/mol. The Kier molecular flexibility index (Phi) is 5.00. The Labute approximate surface area is 117 Å². The second-order valence-corrected chi connectivity index (χ2v) is 6.76. The largest absolute Gasteiger partial charge is 0.372 e. The third-order valence-corrected chi connectivity index (χ3v) is 3.51. The number of hydrogen-bond acceptors (Lipinski definition) is 2. The van der Waals surface area contributed by atoms with Crippen LogP contribution in [0.25, 0.3) is 0 Å². The lowest BCUT2D eigenvalue weighted by molar-refractivity contribution is 0.0367. The van der Waals surface area contributed by atoms with Crippen LogP contribution in [0.1, 0.15) is 51.7 Å². The van der Waals surface area contributed by atoms with Crippen LogP contribution in [0.4, 0.5) is 0 Å². The fraction of sp³-hybridized carbons (Fsp3) is 0.647. The zero-order valence-corrected chi connectivity index (χ0v) is 12.5. The van der Waals surface area contributed by atoms with Crippen molar-refractivity contribution in [1.29, 1.82) is 0 Å². The molecule has 0 amide bonds. The fourth-order valence-corrected chi connectivity index (χ4v) is 2.01. The summed E-state index contributed by atoms with van der Waals surface area (Å²) in [5.74, 6) is 0. The summed E-state index contributed by atoms with van der Waals surface area (Å²) in [5.41, 5.74) is 1.62. The van der Waals surface area contributed by atoms with E-state index in [-0.39, 0.29) is 6.10 Å². The van der Waals surface area contributed by atoms with Crippen LogP contribution in [0, 0.1) is 5.41 Å². The van der Waals surface area contributed by atoms with Crippen LogP contribution in [-0.4, -0.2) is 19.2 Å². The van der Waals surface area contributed by atoms with Crippen LogP contribution in [0.2, 0.25) is 0 Å². The van der Waals surface area contributed by atoms with Gasteiger partial charge in [-0.15, -0.1) is 0 Å². The lowest BCUT2D eigenvalue weighted by atomic mass is 9.93. The number of hydrogen-bond donors (Lipinski definition) is 1. The van der Waals surface area contributed by atoms with Crippen molar-refractivity contribution in [3.8, 4) is 0 Å². The maximum atomic E-state index is 6.12. The molecule has 1 fully saturated rings. The van der Waals surface area contributed by atoms with E-state index in [1.54, 1.807) is 0 Å². The highest BCUT2D eigenvalue weighted by Gasteiger charge is 2.23. The van der Waals surface area contributed by atoms with Crippen LogP contribution in [0.5, 0.6) is 0 Å². The van der Waals surface area contributed by atoms with Gasteiger partial charge in [-0.2, -0.15) is 0 Å². The van der Waals surface area contributed by atoms with Crippen molar-refractivity contribution in [1.82, 2.24) is 5.32 Å². The fourth-order valence-electron chi connectivity index (χ4n) is 2.01. The number of nitrogens with one attached hydrogen (secondary N) is 1. The highest BCUT2D eigenvalue weighted by atomic mass is 16.5.